The summed E-state index contributed by atoms with van der Waals surface area (Å²) in [6.45, 7) is 11.1. The van der Waals surface area contributed by atoms with Gasteiger partial charge in [0, 0.05) is 42.7 Å². The zero-order valence-electron chi connectivity index (χ0n) is 13.0. The van der Waals surface area contributed by atoms with Crippen LogP contribution in [-0.2, 0) is 6.54 Å². The van der Waals surface area contributed by atoms with Crippen molar-refractivity contribution in [3.05, 3.63) is 23.5 Å². The lowest BCUT2D eigenvalue weighted by atomic mass is 10.2. The van der Waals surface area contributed by atoms with E-state index >= 15 is 0 Å². The van der Waals surface area contributed by atoms with Gasteiger partial charge >= 0.3 is 0 Å². The molecular weight excluding hydrogens is 250 g/mol. The first kappa shape index (κ1) is 15.3. The van der Waals surface area contributed by atoms with E-state index in [2.05, 4.69) is 29.0 Å². The van der Waals surface area contributed by atoms with E-state index in [1.54, 1.807) is 0 Å². The highest BCUT2D eigenvalue weighted by molar-refractivity contribution is 5.33. The van der Waals surface area contributed by atoms with E-state index in [9.17, 15) is 0 Å². The van der Waals surface area contributed by atoms with Gasteiger partial charge in [0.05, 0.1) is 0 Å². The Bertz CT molecular complexity index is 414. The van der Waals surface area contributed by atoms with Crippen molar-refractivity contribution in [2.24, 2.45) is 0 Å². The van der Waals surface area contributed by atoms with Crippen LogP contribution in [0.2, 0.25) is 0 Å². The summed E-state index contributed by atoms with van der Waals surface area (Å²) < 4.78 is 5.98. The summed E-state index contributed by atoms with van der Waals surface area (Å²) in [6, 6.07) is 2.76. The van der Waals surface area contributed by atoms with Crippen molar-refractivity contribution < 1.29 is 4.74 Å². The molecule has 20 heavy (non-hydrogen) atoms. The molecular formula is C16H27N3O. The van der Waals surface area contributed by atoms with E-state index in [-0.39, 0.29) is 0 Å². The van der Waals surface area contributed by atoms with Gasteiger partial charge in [0.25, 0.3) is 0 Å². The Hall–Kier alpha value is -1.13. The molecule has 0 atom stereocenters. The van der Waals surface area contributed by atoms with Crippen molar-refractivity contribution >= 4 is 0 Å². The number of pyridine rings is 1. The van der Waals surface area contributed by atoms with Crippen molar-refractivity contribution in [2.45, 2.75) is 46.2 Å². The maximum absolute atomic E-state index is 5.98. The van der Waals surface area contributed by atoms with Crippen LogP contribution in [0, 0.1) is 6.92 Å². The van der Waals surface area contributed by atoms with Crippen LogP contribution in [0.5, 0.6) is 5.75 Å². The number of ether oxygens (including phenoxy) is 1. The number of rotatable bonds is 9. The third-order valence-electron chi connectivity index (χ3n) is 3.80. The maximum Gasteiger partial charge on any atom is 0.127 e. The molecule has 0 aliphatic heterocycles. The van der Waals surface area contributed by atoms with E-state index in [1.165, 1.54) is 18.4 Å². The number of nitrogens with one attached hydrogen (secondary N) is 1. The molecule has 4 heteroatoms. The van der Waals surface area contributed by atoms with Gasteiger partial charge in [-0.05, 0) is 32.9 Å². The molecule has 0 unspecified atom stereocenters. The third-order valence-corrected chi connectivity index (χ3v) is 3.80. The van der Waals surface area contributed by atoms with Crippen LogP contribution in [-0.4, -0.2) is 42.2 Å². The smallest absolute Gasteiger partial charge is 0.127 e. The summed E-state index contributed by atoms with van der Waals surface area (Å²) in [6.07, 6.45) is 4.55. The van der Waals surface area contributed by atoms with Crippen molar-refractivity contribution in [3.8, 4) is 5.75 Å². The monoisotopic (exact) mass is 277 g/mol. The Labute approximate surface area is 122 Å². The predicted octanol–water partition coefficient (Wildman–Crippen LogP) is 2.36. The van der Waals surface area contributed by atoms with Crippen LogP contribution in [0.15, 0.2) is 12.3 Å². The summed E-state index contributed by atoms with van der Waals surface area (Å²) in [5, 5.41) is 3.52. The van der Waals surface area contributed by atoms with Crippen molar-refractivity contribution in [3.63, 3.8) is 0 Å². The Morgan fingerprint density at radius 1 is 1.35 bits per heavy atom. The second-order valence-electron chi connectivity index (χ2n) is 5.46. The molecule has 0 radical (unpaired) electrons. The lowest BCUT2D eigenvalue weighted by molar-refractivity contribution is 0.221. The molecule has 2 rings (SSSR count). The van der Waals surface area contributed by atoms with E-state index in [0.29, 0.717) is 6.04 Å². The molecule has 4 nitrogen and oxygen atoms in total. The molecule has 0 amide bonds. The van der Waals surface area contributed by atoms with Gasteiger partial charge in [-0.15, -0.1) is 0 Å². The minimum Gasteiger partial charge on any atom is -0.492 e. The molecule has 1 aromatic rings. The van der Waals surface area contributed by atoms with Gasteiger partial charge in [-0.2, -0.15) is 0 Å². The van der Waals surface area contributed by atoms with E-state index in [0.717, 1.165) is 44.2 Å². The Kier molecular flexibility index (Phi) is 5.80. The highest BCUT2D eigenvalue weighted by Gasteiger charge is 2.20. The minimum atomic E-state index is 0.708. The van der Waals surface area contributed by atoms with Crippen LogP contribution in [0.4, 0.5) is 0 Å². The molecule has 1 fully saturated rings. The molecule has 1 aliphatic carbocycles. The molecule has 0 spiro atoms. The van der Waals surface area contributed by atoms with Gasteiger partial charge < -0.3 is 15.0 Å². The first-order chi connectivity index (χ1) is 9.72. The maximum atomic E-state index is 5.98. The second kappa shape index (κ2) is 7.60. The number of hydrogen-bond acceptors (Lipinski definition) is 4. The van der Waals surface area contributed by atoms with E-state index in [1.807, 2.05) is 19.2 Å². The Morgan fingerprint density at radius 3 is 2.75 bits per heavy atom. The van der Waals surface area contributed by atoms with E-state index in [4.69, 9.17) is 4.74 Å². The number of aromatic nitrogens is 1. The first-order valence-electron chi connectivity index (χ1n) is 7.77. The SMILES string of the molecule is CCN(CC)CCOc1cc(C)ncc1CNC1CC1. The molecule has 0 bridgehead atoms. The van der Waals surface area contributed by atoms with E-state index < -0.39 is 0 Å². The molecule has 1 heterocycles. The van der Waals surface area contributed by atoms with Gasteiger partial charge in [0.15, 0.2) is 0 Å². The van der Waals surface area contributed by atoms with Gasteiger partial charge in [0.1, 0.15) is 12.4 Å². The predicted molar refractivity (Wildman–Crippen MR) is 82.1 cm³/mol. The topological polar surface area (TPSA) is 37.4 Å². The van der Waals surface area contributed by atoms with Gasteiger partial charge in [0.2, 0.25) is 0 Å². The summed E-state index contributed by atoms with van der Waals surface area (Å²) in [5.41, 5.74) is 2.18. The second-order valence-corrected chi connectivity index (χ2v) is 5.46. The highest BCUT2D eigenvalue weighted by atomic mass is 16.5. The van der Waals surface area contributed by atoms with Crippen LogP contribution < -0.4 is 10.1 Å². The number of aryl methyl sites for hydroxylation is 1. The molecule has 112 valence electrons. The van der Waals surface area contributed by atoms with Crippen LogP contribution >= 0.6 is 0 Å². The number of likely N-dealkylation sites (N-methyl/N-ethyl adjacent to an activating group) is 1. The Morgan fingerprint density at radius 2 is 2.10 bits per heavy atom. The van der Waals surface area contributed by atoms with Crippen LogP contribution in [0.1, 0.15) is 37.9 Å². The normalized spacial score (nSPS) is 14.8. The summed E-state index contributed by atoms with van der Waals surface area (Å²) >= 11 is 0. The summed E-state index contributed by atoms with van der Waals surface area (Å²) in [7, 11) is 0. The van der Waals surface area contributed by atoms with Gasteiger partial charge in [-0.25, -0.2) is 0 Å². The quantitative estimate of drug-likeness (QED) is 0.752. The minimum absolute atomic E-state index is 0.708. The highest BCUT2D eigenvalue weighted by Crippen LogP contribution is 2.22. The third kappa shape index (κ3) is 4.76. The lowest BCUT2D eigenvalue weighted by Crippen LogP contribution is -2.28. The van der Waals surface area contributed by atoms with Crippen molar-refractivity contribution in [2.75, 3.05) is 26.2 Å². The van der Waals surface area contributed by atoms with Crippen LogP contribution in [0.3, 0.4) is 0 Å². The van der Waals surface area contributed by atoms with Crippen LogP contribution in [0.25, 0.3) is 0 Å². The molecule has 1 N–H and O–H groups in total. The molecule has 1 saturated carbocycles. The summed E-state index contributed by atoms with van der Waals surface area (Å²) in [4.78, 5) is 6.75. The average molecular weight is 277 g/mol. The molecule has 1 aromatic heterocycles. The standard InChI is InChI=1S/C16H27N3O/c1-4-19(5-2)8-9-20-16-10-13(3)17-11-14(16)12-18-15-6-7-15/h10-11,15,18H,4-9,12H2,1-3H3. The van der Waals surface area contributed by atoms with Gasteiger partial charge in [-0.3, -0.25) is 4.98 Å². The van der Waals surface area contributed by atoms with Crippen molar-refractivity contribution in [1.29, 1.82) is 0 Å². The fraction of sp³-hybridized carbons (Fsp3) is 0.688. The largest absolute Gasteiger partial charge is 0.492 e. The Balaban J connectivity index is 1.88. The van der Waals surface area contributed by atoms with Gasteiger partial charge in [-0.1, -0.05) is 13.8 Å². The lowest BCUT2D eigenvalue weighted by Gasteiger charge is -2.19. The number of nitrogens with zero attached hydrogens (tertiary/aromatic N) is 2. The zero-order chi connectivity index (χ0) is 14.4. The zero-order valence-corrected chi connectivity index (χ0v) is 13.0. The fourth-order valence-electron chi connectivity index (χ4n) is 2.20. The van der Waals surface area contributed by atoms with Crippen molar-refractivity contribution in [1.82, 2.24) is 15.2 Å². The first-order valence-corrected chi connectivity index (χ1v) is 7.77. The average Bonchev–Trinajstić information content (AvgIpc) is 3.27. The molecule has 0 aromatic carbocycles. The number of hydrogen-bond donors (Lipinski definition) is 1. The summed E-state index contributed by atoms with van der Waals surface area (Å²) in [5.74, 6) is 0.984. The fourth-order valence-corrected chi connectivity index (χ4v) is 2.20. The molecule has 0 saturated heterocycles. The molecule has 1 aliphatic rings.